The zero-order valence-corrected chi connectivity index (χ0v) is 20.3. The maximum Gasteiger partial charge on any atom is 0.265 e. The molecule has 0 fully saturated rings. The van der Waals surface area contributed by atoms with Gasteiger partial charge in [0.1, 0.15) is 10.6 Å². The van der Waals surface area contributed by atoms with Crippen LogP contribution in [0.2, 0.25) is 0 Å². The van der Waals surface area contributed by atoms with E-state index in [1.54, 1.807) is 48.5 Å². The van der Waals surface area contributed by atoms with Crippen LogP contribution in [0, 0.1) is 0 Å². The van der Waals surface area contributed by atoms with Gasteiger partial charge in [0.25, 0.3) is 20.0 Å². The van der Waals surface area contributed by atoms with E-state index < -0.39 is 20.0 Å². The van der Waals surface area contributed by atoms with Gasteiger partial charge < -0.3 is 4.74 Å². The molecule has 0 radical (unpaired) electrons. The highest BCUT2D eigenvalue weighted by atomic mass is 79.9. The summed E-state index contributed by atoms with van der Waals surface area (Å²) >= 11 is 6.56. The first-order chi connectivity index (χ1) is 14.1. The molecule has 2 N–H and O–H groups in total. The summed E-state index contributed by atoms with van der Waals surface area (Å²) in [7, 11) is -6.84. The first kappa shape index (κ1) is 22.6. The monoisotopic (exact) mass is 574 g/mol. The Labute approximate surface area is 191 Å². The van der Waals surface area contributed by atoms with Crippen LogP contribution in [0.5, 0.6) is 5.75 Å². The molecule has 0 atom stereocenters. The molecule has 0 aromatic heterocycles. The Hall–Kier alpha value is -2.08. The lowest BCUT2D eigenvalue weighted by molar-refractivity contribution is 0.402. The molecule has 0 aliphatic carbocycles. The van der Waals surface area contributed by atoms with Gasteiger partial charge in [-0.05, 0) is 66.7 Å². The van der Waals surface area contributed by atoms with Crippen molar-refractivity contribution in [2.24, 2.45) is 0 Å². The first-order valence-electron chi connectivity index (χ1n) is 8.35. The van der Waals surface area contributed by atoms with Gasteiger partial charge in [0.05, 0.1) is 12.0 Å². The topological polar surface area (TPSA) is 102 Å². The second-order valence-electron chi connectivity index (χ2n) is 6.04. The summed E-state index contributed by atoms with van der Waals surface area (Å²) in [6, 6.07) is 16.7. The first-order valence-corrected chi connectivity index (χ1v) is 12.9. The third-order valence-electron chi connectivity index (χ3n) is 3.93. The summed E-state index contributed by atoms with van der Waals surface area (Å²) in [6.07, 6.45) is 0. The van der Waals surface area contributed by atoms with Crippen molar-refractivity contribution >= 4 is 63.3 Å². The fourth-order valence-electron chi connectivity index (χ4n) is 2.49. The molecule has 3 rings (SSSR count). The Balaban J connectivity index is 1.98. The van der Waals surface area contributed by atoms with Crippen LogP contribution in [-0.4, -0.2) is 23.9 Å². The van der Waals surface area contributed by atoms with E-state index >= 15 is 0 Å². The predicted molar refractivity (Wildman–Crippen MR) is 123 cm³/mol. The molecule has 30 heavy (non-hydrogen) atoms. The molecule has 0 heterocycles. The lowest BCUT2D eigenvalue weighted by Crippen LogP contribution is -2.17. The Morgan fingerprint density at radius 3 is 1.63 bits per heavy atom. The molecule has 0 bridgehead atoms. The SMILES string of the molecule is COc1ccc(S(=O)(=O)Nc2ccc(Br)cc2)cc1S(=O)(=O)Nc1ccc(Br)cc1. The Morgan fingerprint density at radius 1 is 0.700 bits per heavy atom. The van der Waals surface area contributed by atoms with Crippen molar-refractivity contribution < 1.29 is 21.6 Å². The summed E-state index contributed by atoms with van der Waals surface area (Å²) in [5, 5.41) is 0. The summed E-state index contributed by atoms with van der Waals surface area (Å²) < 4.78 is 63.0. The third-order valence-corrected chi connectivity index (χ3v) is 7.77. The zero-order valence-electron chi connectivity index (χ0n) is 15.5. The fourth-order valence-corrected chi connectivity index (χ4v) is 5.44. The molecule has 3 aromatic carbocycles. The van der Waals surface area contributed by atoms with Crippen molar-refractivity contribution in [1.82, 2.24) is 0 Å². The summed E-state index contributed by atoms with van der Waals surface area (Å²) in [6.45, 7) is 0. The molecular weight excluding hydrogens is 560 g/mol. The highest BCUT2D eigenvalue weighted by Gasteiger charge is 2.24. The lowest BCUT2D eigenvalue weighted by atomic mass is 10.3. The smallest absolute Gasteiger partial charge is 0.265 e. The molecule has 158 valence electrons. The fraction of sp³-hybridized carbons (Fsp3) is 0.0526. The molecule has 3 aromatic rings. The van der Waals surface area contributed by atoms with Crippen LogP contribution in [0.15, 0.2) is 85.5 Å². The van der Waals surface area contributed by atoms with Crippen molar-refractivity contribution in [2.75, 3.05) is 16.6 Å². The average molecular weight is 576 g/mol. The maximum absolute atomic E-state index is 12.9. The number of hydrogen-bond acceptors (Lipinski definition) is 5. The van der Waals surface area contributed by atoms with Gasteiger partial charge in [-0.3, -0.25) is 9.44 Å². The number of anilines is 2. The maximum atomic E-state index is 12.9. The summed E-state index contributed by atoms with van der Waals surface area (Å²) in [5.41, 5.74) is 0.660. The number of methoxy groups -OCH3 is 1. The normalized spacial score (nSPS) is 11.7. The highest BCUT2D eigenvalue weighted by molar-refractivity contribution is 9.10. The van der Waals surface area contributed by atoms with E-state index in [2.05, 4.69) is 41.3 Å². The zero-order chi connectivity index (χ0) is 21.9. The second-order valence-corrected chi connectivity index (χ2v) is 11.2. The molecule has 11 heteroatoms. The largest absolute Gasteiger partial charge is 0.495 e. The number of halogens is 2. The van der Waals surface area contributed by atoms with Crippen LogP contribution < -0.4 is 14.2 Å². The molecule has 0 saturated carbocycles. The van der Waals surface area contributed by atoms with Crippen LogP contribution in [0.4, 0.5) is 11.4 Å². The minimum Gasteiger partial charge on any atom is -0.495 e. The molecule has 0 saturated heterocycles. The Morgan fingerprint density at radius 2 is 1.17 bits per heavy atom. The molecule has 0 aliphatic rings. The number of rotatable bonds is 7. The number of ether oxygens (including phenoxy) is 1. The summed E-state index contributed by atoms with van der Waals surface area (Å²) in [4.78, 5) is -0.519. The number of hydrogen-bond donors (Lipinski definition) is 2. The molecule has 7 nitrogen and oxygen atoms in total. The van der Waals surface area contributed by atoms with E-state index in [1.807, 2.05) is 0 Å². The van der Waals surface area contributed by atoms with E-state index in [-0.39, 0.29) is 15.5 Å². The van der Waals surface area contributed by atoms with Gasteiger partial charge in [0, 0.05) is 20.3 Å². The van der Waals surface area contributed by atoms with Crippen LogP contribution in [0.3, 0.4) is 0 Å². The average Bonchev–Trinajstić information content (AvgIpc) is 2.70. The Bertz CT molecular complexity index is 1260. The molecule has 0 amide bonds. The minimum atomic E-state index is -4.12. The van der Waals surface area contributed by atoms with Crippen LogP contribution >= 0.6 is 31.9 Å². The number of nitrogens with one attached hydrogen (secondary N) is 2. The van der Waals surface area contributed by atoms with Crippen LogP contribution in [-0.2, 0) is 20.0 Å². The number of sulfonamides is 2. The van der Waals surface area contributed by atoms with Crippen LogP contribution in [0.25, 0.3) is 0 Å². The van der Waals surface area contributed by atoms with Crippen molar-refractivity contribution in [1.29, 1.82) is 0 Å². The van der Waals surface area contributed by atoms with Gasteiger partial charge in [0.2, 0.25) is 0 Å². The van der Waals surface area contributed by atoms with Crippen molar-refractivity contribution in [2.45, 2.75) is 9.79 Å². The van der Waals surface area contributed by atoms with E-state index in [0.717, 1.165) is 15.0 Å². The quantitative estimate of drug-likeness (QED) is 0.420. The third kappa shape index (κ3) is 5.34. The van der Waals surface area contributed by atoms with Gasteiger partial charge in [0.15, 0.2) is 0 Å². The van der Waals surface area contributed by atoms with Gasteiger partial charge in [-0.1, -0.05) is 31.9 Å². The van der Waals surface area contributed by atoms with E-state index in [9.17, 15) is 16.8 Å². The Kier molecular flexibility index (Phi) is 6.75. The van der Waals surface area contributed by atoms with Gasteiger partial charge >= 0.3 is 0 Å². The predicted octanol–water partition coefficient (Wildman–Crippen LogP) is 4.82. The second kappa shape index (κ2) is 8.96. The van der Waals surface area contributed by atoms with Gasteiger partial charge in [-0.15, -0.1) is 0 Å². The van der Waals surface area contributed by atoms with Gasteiger partial charge in [-0.25, -0.2) is 16.8 Å². The molecule has 0 spiro atoms. The lowest BCUT2D eigenvalue weighted by Gasteiger charge is -2.14. The van der Waals surface area contributed by atoms with Crippen molar-refractivity contribution in [3.05, 3.63) is 75.7 Å². The standard InChI is InChI=1S/C19H16Br2N2O5S2/c1-28-18-11-10-17(29(24,25)22-15-6-2-13(20)3-7-15)12-19(18)30(26,27)23-16-8-4-14(21)5-9-16/h2-12,22-23H,1H3. The van der Waals surface area contributed by atoms with E-state index in [4.69, 9.17) is 4.74 Å². The van der Waals surface area contributed by atoms with Crippen molar-refractivity contribution in [3.63, 3.8) is 0 Å². The highest BCUT2D eigenvalue weighted by Crippen LogP contribution is 2.30. The molecule has 0 aliphatic heterocycles. The molecular formula is C19H16Br2N2O5S2. The number of benzene rings is 3. The summed E-state index contributed by atoms with van der Waals surface area (Å²) in [5.74, 6) is 0.0159. The van der Waals surface area contributed by atoms with E-state index in [0.29, 0.717) is 11.4 Å². The van der Waals surface area contributed by atoms with Crippen molar-refractivity contribution in [3.8, 4) is 5.75 Å². The minimum absolute atomic E-state index is 0.0159. The molecule has 0 unspecified atom stereocenters. The van der Waals surface area contributed by atoms with Gasteiger partial charge in [-0.2, -0.15) is 0 Å². The van der Waals surface area contributed by atoms with Crippen LogP contribution in [0.1, 0.15) is 0 Å². The van der Waals surface area contributed by atoms with E-state index in [1.165, 1.54) is 19.2 Å².